The van der Waals surface area contributed by atoms with Crippen molar-refractivity contribution in [1.82, 2.24) is 5.32 Å². The number of rotatable bonds is 8. The maximum atomic E-state index is 5.82. The number of benzene rings is 2. The van der Waals surface area contributed by atoms with Gasteiger partial charge in [0.1, 0.15) is 5.75 Å². The van der Waals surface area contributed by atoms with E-state index in [0.717, 1.165) is 31.9 Å². The van der Waals surface area contributed by atoms with E-state index in [9.17, 15) is 0 Å². The van der Waals surface area contributed by atoms with Crippen molar-refractivity contribution in [2.24, 2.45) is 0 Å². The van der Waals surface area contributed by atoms with E-state index >= 15 is 0 Å². The molecule has 2 rings (SSSR count). The Bertz CT molecular complexity index is 501. The van der Waals surface area contributed by atoms with E-state index in [1.807, 2.05) is 42.5 Å². The van der Waals surface area contributed by atoms with Crippen molar-refractivity contribution < 1.29 is 4.74 Å². The van der Waals surface area contributed by atoms with Crippen LogP contribution in [0.3, 0.4) is 0 Å². The first kappa shape index (κ1) is 14.9. The Hall–Kier alpha value is -1.51. The van der Waals surface area contributed by atoms with Crippen LogP contribution in [0.25, 0.3) is 0 Å². The van der Waals surface area contributed by atoms with Crippen LogP contribution in [0.15, 0.2) is 54.6 Å². The molecule has 0 saturated heterocycles. The van der Waals surface area contributed by atoms with Crippen LogP contribution in [0.5, 0.6) is 5.75 Å². The third-order valence-electron chi connectivity index (χ3n) is 2.98. The minimum absolute atomic E-state index is 0.568. The fourth-order valence-corrected chi connectivity index (χ4v) is 2.13. The van der Waals surface area contributed by atoms with Crippen LogP contribution >= 0.6 is 11.6 Å². The molecule has 0 bridgehead atoms. The second kappa shape index (κ2) is 8.62. The zero-order valence-electron chi connectivity index (χ0n) is 11.5. The lowest BCUT2D eigenvalue weighted by atomic mass is 10.1. The van der Waals surface area contributed by atoms with Crippen molar-refractivity contribution in [3.63, 3.8) is 0 Å². The van der Waals surface area contributed by atoms with Crippen molar-refractivity contribution in [3.05, 3.63) is 65.7 Å². The van der Waals surface area contributed by atoms with Gasteiger partial charge in [0.25, 0.3) is 0 Å². The number of hydrogen-bond acceptors (Lipinski definition) is 2. The fourth-order valence-electron chi connectivity index (χ4n) is 1.96. The van der Waals surface area contributed by atoms with Crippen LogP contribution in [0.1, 0.15) is 17.5 Å². The molecule has 0 amide bonds. The maximum absolute atomic E-state index is 5.82. The standard InChI is InChI=1S/C17H20ClNO/c18-13-15-6-4-7-16(12-15)14-19-10-5-11-20-17-8-2-1-3-9-17/h1-4,6-9,12,19H,5,10-11,13-14H2. The quantitative estimate of drug-likeness (QED) is 0.586. The predicted octanol–water partition coefficient (Wildman–Crippen LogP) is 3.98. The second-order valence-corrected chi connectivity index (χ2v) is 4.91. The summed E-state index contributed by atoms with van der Waals surface area (Å²) in [6.07, 6.45) is 0.990. The molecule has 0 radical (unpaired) electrons. The van der Waals surface area contributed by atoms with Gasteiger partial charge in [-0.25, -0.2) is 0 Å². The number of hydrogen-bond donors (Lipinski definition) is 1. The minimum Gasteiger partial charge on any atom is -0.494 e. The SMILES string of the molecule is ClCc1cccc(CNCCCOc2ccccc2)c1. The van der Waals surface area contributed by atoms with Crippen LogP contribution < -0.4 is 10.1 Å². The van der Waals surface area contributed by atoms with E-state index in [4.69, 9.17) is 16.3 Å². The van der Waals surface area contributed by atoms with Gasteiger partial charge in [-0.3, -0.25) is 0 Å². The molecule has 0 unspecified atom stereocenters. The molecule has 0 aliphatic heterocycles. The minimum atomic E-state index is 0.568. The van der Waals surface area contributed by atoms with Gasteiger partial charge in [0, 0.05) is 12.4 Å². The van der Waals surface area contributed by atoms with Crippen LogP contribution in [0.2, 0.25) is 0 Å². The van der Waals surface area contributed by atoms with Crippen LogP contribution in [-0.2, 0) is 12.4 Å². The Kier molecular flexibility index (Phi) is 6.42. The lowest BCUT2D eigenvalue weighted by Gasteiger charge is -2.08. The highest BCUT2D eigenvalue weighted by Gasteiger charge is 1.96. The molecule has 2 aromatic rings. The Morgan fingerprint density at radius 3 is 2.55 bits per heavy atom. The van der Waals surface area contributed by atoms with Crippen LogP contribution in [0.4, 0.5) is 0 Å². The summed E-state index contributed by atoms with van der Waals surface area (Å²) in [6, 6.07) is 18.3. The summed E-state index contributed by atoms with van der Waals surface area (Å²) >= 11 is 5.82. The van der Waals surface area contributed by atoms with Gasteiger partial charge >= 0.3 is 0 Å². The van der Waals surface area contributed by atoms with Crippen molar-refractivity contribution in [3.8, 4) is 5.75 Å². The summed E-state index contributed by atoms with van der Waals surface area (Å²) in [5.74, 6) is 1.50. The molecular weight excluding hydrogens is 270 g/mol. The number of para-hydroxylation sites is 1. The van der Waals surface area contributed by atoms with E-state index in [-0.39, 0.29) is 0 Å². The van der Waals surface area contributed by atoms with Gasteiger partial charge in [0.2, 0.25) is 0 Å². The third kappa shape index (κ3) is 5.24. The van der Waals surface area contributed by atoms with Gasteiger partial charge in [-0.2, -0.15) is 0 Å². The zero-order chi connectivity index (χ0) is 14.0. The lowest BCUT2D eigenvalue weighted by Crippen LogP contribution is -2.17. The molecule has 2 aromatic carbocycles. The molecule has 0 aliphatic rings. The highest BCUT2D eigenvalue weighted by molar-refractivity contribution is 6.17. The molecule has 0 spiro atoms. The molecule has 0 saturated carbocycles. The summed E-state index contributed by atoms with van der Waals surface area (Å²) in [6.45, 7) is 2.55. The first-order valence-corrected chi connectivity index (χ1v) is 7.44. The molecule has 1 N–H and O–H groups in total. The van der Waals surface area contributed by atoms with Crippen molar-refractivity contribution in [2.75, 3.05) is 13.2 Å². The molecule has 0 heterocycles. The number of alkyl halides is 1. The normalized spacial score (nSPS) is 10.4. The molecule has 2 nitrogen and oxygen atoms in total. The molecule has 106 valence electrons. The molecule has 0 atom stereocenters. The van der Waals surface area contributed by atoms with Gasteiger partial charge in [0.05, 0.1) is 6.61 Å². The first-order chi connectivity index (χ1) is 9.88. The van der Waals surface area contributed by atoms with E-state index in [2.05, 4.69) is 17.4 Å². The fraction of sp³-hybridized carbons (Fsp3) is 0.294. The van der Waals surface area contributed by atoms with Crippen molar-refractivity contribution >= 4 is 11.6 Å². The average molecular weight is 290 g/mol. The van der Waals surface area contributed by atoms with E-state index in [1.165, 1.54) is 11.1 Å². The van der Waals surface area contributed by atoms with Gasteiger partial charge in [-0.15, -0.1) is 11.6 Å². The van der Waals surface area contributed by atoms with Crippen molar-refractivity contribution in [2.45, 2.75) is 18.8 Å². The molecule has 3 heteroatoms. The first-order valence-electron chi connectivity index (χ1n) is 6.91. The van der Waals surface area contributed by atoms with Crippen LogP contribution in [0, 0.1) is 0 Å². The summed E-state index contributed by atoms with van der Waals surface area (Å²) in [4.78, 5) is 0. The summed E-state index contributed by atoms with van der Waals surface area (Å²) in [5.41, 5.74) is 2.44. The summed E-state index contributed by atoms with van der Waals surface area (Å²) in [7, 11) is 0. The Labute approximate surface area is 125 Å². The topological polar surface area (TPSA) is 21.3 Å². The van der Waals surface area contributed by atoms with Gasteiger partial charge in [-0.05, 0) is 36.2 Å². The molecular formula is C17H20ClNO. The van der Waals surface area contributed by atoms with E-state index in [0.29, 0.717) is 5.88 Å². The molecule has 20 heavy (non-hydrogen) atoms. The monoisotopic (exact) mass is 289 g/mol. The average Bonchev–Trinajstić information content (AvgIpc) is 2.52. The Morgan fingerprint density at radius 1 is 0.950 bits per heavy atom. The molecule has 0 fully saturated rings. The number of halogens is 1. The second-order valence-electron chi connectivity index (χ2n) is 4.65. The summed E-state index contributed by atoms with van der Waals surface area (Å²) in [5, 5.41) is 3.42. The number of nitrogens with one attached hydrogen (secondary N) is 1. The van der Waals surface area contributed by atoms with Gasteiger partial charge in [-0.1, -0.05) is 42.5 Å². The Morgan fingerprint density at radius 2 is 1.75 bits per heavy atom. The largest absolute Gasteiger partial charge is 0.494 e. The van der Waals surface area contributed by atoms with E-state index in [1.54, 1.807) is 0 Å². The lowest BCUT2D eigenvalue weighted by molar-refractivity contribution is 0.308. The molecule has 0 aliphatic carbocycles. The van der Waals surface area contributed by atoms with E-state index < -0.39 is 0 Å². The smallest absolute Gasteiger partial charge is 0.119 e. The highest BCUT2D eigenvalue weighted by atomic mass is 35.5. The maximum Gasteiger partial charge on any atom is 0.119 e. The van der Waals surface area contributed by atoms with Crippen molar-refractivity contribution in [1.29, 1.82) is 0 Å². The van der Waals surface area contributed by atoms with Gasteiger partial charge in [0.15, 0.2) is 0 Å². The number of ether oxygens (including phenoxy) is 1. The highest BCUT2D eigenvalue weighted by Crippen LogP contribution is 2.09. The summed E-state index contributed by atoms with van der Waals surface area (Å²) < 4.78 is 5.64. The zero-order valence-corrected chi connectivity index (χ0v) is 12.3. The Balaban J connectivity index is 1.59. The predicted molar refractivity (Wildman–Crippen MR) is 84.3 cm³/mol. The third-order valence-corrected chi connectivity index (χ3v) is 3.29. The van der Waals surface area contributed by atoms with Crippen LogP contribution in [-0.4, -0.2) is 13.2 Å². The van der Waals surface area contributed by atoms with Gasteiger partial charge < -0.3 is 10.1 Å². The molecule has 0 aromatic heterocycles.